The Labute approximate surface area is 148 Å². The molecule has 0 aliphatic carbocycles. The summed E-state index contributed by atoms with van der Waals surface area (Å²) >= 11 is 0. The second kappa shape index (κ2) is 6.93. The monoisotopic (exact) mass is 334 g/mol. The number of rotatable bonds is 5. The number of benzene rings is 2. The van der Waals surface area contributed by atoms with Crippen molar-refractivity contribution in [3.05, 3.63) is 70.9 Å². The minimum Gasteiger partial charge on any atom is -0.350 e. The molecule has 4 heteroatoms. The van der Waals surface area contributed by atoms with E-state index in [4.69, 9.17) is 0 Å². The SMILES string of the molecule is CCc1ccc(NC2=C(c3ccc(C)cc3)C(=O)N(CC)C2=O)cc1. The highest BCUT2D eigenvalue weighted by Gasteiger charge is 2.38. The van der Waals surface area contributed by atoms with E-state index in [-0.39, 0.29) is 11.8 Å². The fourth-order valence-corrected chi connectivity index (χ4v) is 2.94. The van der Waals surface area contributed by atoms with Crippen LogP contribution < -0.4 is 5.32 Å². The summed E-state index contributed by atoms with van der Waals surface area (Å²) in [4.78, 5) is 26.7. The number of nitrogens with one attached hydrogen (secondary N) is 1. The normalized spacial score (nSPS) is 14.4. The molecule has 1 aliphatic heterocycles. The van der Waals surface area contributed by atoms with E-state index in [9.17, 15) is 9.59 Å². The number of hydrogen-bond donors (Lipinski definition) is 1. The Morgan fingerprint density at radius 3 is 2.08 bits per heavy atom. The number of nitrogens with zero attached hydrogens (tertiary/aromatic N) is 1. The summed E-state index contributed by atoms with van der Waals surface area (Å²) in [6.07, 6.45) is 0.957. The molecule has 3 rings (SSSR count). The van der Waals surface area contributed by atoms with Crippen molar-refractivity contribution in [3.8, 4) is 0 Å². The van der Waals surface area contributed by atoms with Crippen LogP contribution in [0.25, 0.3) is 5.57 Å². The predicted molar refractivity (Wildman–Crippen MR) is 99.9 cm³/mol. The number of imide groups is 1. The Kier molecular flexibility index (Phi) is 4.70. The van der Waals surface area contributed by atoms with Gasteiger partial charge < -0.3 is 5.32 Å². The highest BCUT2D eigenvalue weighted by atomic mass is 16.2. The van der Waals surface area contributed by atoms with Gasteiger partial charge in [-0.1, -0.05) is 48.9 Å². The predicted octanol–water partition coefficient (Wildman–Crippen LogP) is 3.77. The second-order valence-electron chi connectivity index (χ2n) is 6.15. The van der Waals surface area contributed by atoms with Gasteiger partial charge in [-0.25, -0.2) is 0 Å². The average molecular weight is 334 g/mol. The molecule has 0 fully saturated rings. The molecular formula is C21H22N2O2. The minimum absolute atomic E-state index is 0.246. The quantitative estimate of drug-likeness (QED) is 0.847. The van der Waals surface area contributed by atoms with Gasteiger partial charge in [-0.2, -0.15) is 0 Å². The lowest BCUT2D eigenvalue weighted by Gasteiger charge is -2.12. The Hall–Kier alpha value is -2.88. The van der Waals surface area contributed by atoms with Crippen molar-refractivity contribution in [2.24, 2.45) is 0 Å². The van der Waals surface area contributed by atoms with Crippen LogP contribution in [-0.2, 0) is 16.0 Å². The Morgan fingerprint density at radius 1 is 0.880 bits per heavy atom. The molecule has 4 nitrogen and oxygen atoms in total. The number of anilines is 1. The molecule has 2 aromatic carbocycles. The van der Waals surface area contributed by atoms with Gasteiger partial charge in [0.05, 0.1) is 5.57 Å². The Balaban J connectivity index is 2.03. The first-order valence-corrected chi connectivity index (χ1v) is 8.58. The molecule has 2 aromatic rings. The van der Waals surface area contributed by atoms with Crippen LogP contribution in [0.1, 0.15) is 30.5 Å². The first-order valence-electron chi connectivity index (χ1n) is 8.58. The highest BCUT2D eigenvalue weighted by molar-refractivity contribution is 6.36. The van der Waals surface area contributed by atoms with E-state index in [1.807, 2.05) is 62.4 Å². The van der Waals surface area contributed by atoms with Crippen LogP contribution in [0.5, 0.6) is 0 Å². The van der Waals surface area contributed by atoms with Gasteiger partial charge in [-0.3, -0.25) is 14.5 Å². The van der Waals surface area contributed by atoms with Crippen molar-refractivity contribution in [2.45, 2.75) is 27.2 Å². The van der Waals surface area contributed by atoms with Crippen LogP contribution in [-0.4, -0.2) is 23.3 Å². The maximum atomic E-state index is 12.7. The first-order chi connectivity index (χ1) is 12.0. The number of carbonyl (C=O) groups is 2. The standard InChI is InChI=1S/C21H22N2O2/c1-4-15-8-12-17(13-9-15)22-19-18(16-10-6-14(3)7-11-16)20(24)23(5-2)21(19)25/h6-13,22H,4-5H2,1-3H3. The zero-order valence-corrected chi connectivity index (χ0v) is 14.8. The third kappa shape index (κ3) is 3.20. The van der Waals surface area contributed by atoms with Crippen LogP contribution in [0.2, 0.25) is 0 Å². The van der Waals surface area contributed by atoms with Gasteiger partial charge >= 0.3 is 0 Å². The van der Waals surface area contributed by atoms with Crippen LogP contribution in [0.4, 0.5) is 5.69 Å². The fourth-order valence-electron chi connectivity index (χ4n) is 2.94. The smallest absolute Gasteiger partial charge is 0.278 e. The average Bonchev–Trinajstić information content (AvgIpc) is 2.86. The lowest BCUT2D eigenvalue weighted by molar-refractivity contribution is -0.136. The molecular weight excluding hydrogens is 312 g/mol. The van der Waals surface area contributed by atoms with Gasteiger partial charge in [0, 0.05) is 12.2 Å². The molecule has 1 aliphatic rings. The Bertz CT molecular complexity index is 833. The molecule has 1 N–H and O–H groups in total. The molecule has 25 heavy (non-hydrogen) atoms. The largest absolute Gasteiger partial charge is 0.350 e. The number of likely N-dealkylation sites (N-methyl/N-ethyl adjacent to an activating group) is 1. The van der Waals surface area contributed by atoms with E-state index in [2.05, 4.69) is 12.2 Å². The number of amides is 2. The lowest BCUT2D eigenvalue weighted by Crippen LogP contribution is -2.32. The molecule has 0 bridgehead atoms. The van der Waals surface area contributed by atoms with Crippen molar-refractivity contribution < 1.29 is 9.59 Å². The molecule has 0 radical (unpaired) electrons. The molecule has 2 amide bonds. The van der Waals surface area contributed by atoms with E-state index in [0.717, 1.165) is 23.2 Å². The summed E-state index contributed by atoms with van der Waals surface area (Å²) in [6.45, 7) is 6.25. The van der Waals surface area contributed by atoms with Gasteiger partial charge in [0.15, 0.2) is 0 Å². The molecule has 0 unspecified atom stereocenters. The van der Waals surface area contributed by atoms with Gasteiger partial charge in [0.1, 0.15) is 5.70 Å². The summed E-state index contributed by atoms with van der Waals surface area (Å²) in [5.74, 6) is -0.522. The summed E-state index contributed by atoms with van der Waals surface area (Å²) in [7, 11) is 0. The Morgan fingerprint density at radius 2 is 1.52 bits per heavy atom. The number of carbonyl (C=O) groups excluding carboxylic acids is 2. The maximum absolute atomic E-state index is 12.7. The third-order valence-electron chi connectivity index (χ3n) is 4.46. The van der Waals surface area contributed by atoms with E-state index < -0.39 is 0 Å². The molecule has 128 valence electrons. The zero-order valence-electron chi connectivity index (χ0n) is 14.8. The number of aryl methyl sites for hydroxylation is 2. The highest BCUT2D eigenvalue weighted by Crippen LogP contribution is 2.30. The summed E-state index contributed by atoms with van der Waals surface area (Å²) in [5.41, 5.74) is 4.68. The van der Waals surface area contributed by atoms with Crippen molar-refractivity contribution in [1.82, 2.24) is 4.90 Å². The zero-order chi connectivity index (χ0) is 18.0. The van der Waals surface area contributed by atoms with Crippen molar-refractivity contribution >= 4 is 23.1 Å². The van der Waals surface area contributed by atoms with Crippen molar-refractivity contribution in [2.75, 3.05) is 11.9 Å². The second-order valence-corrected chi connectivity index (χ2v) is 6.15. The fraction of sp³-hybridized carbons (Fsp3) is 0.238. The van der Waals surface area contributed by atoms with Crippen LogP contribution >= 0.6 is 0 Å². The molecule has 0 saturated heterocycles. The number of hydrogen-bond acceptors (Lipinski definition) is 3. The van der Waals surface area contributed by atoms with Crippen LogP contribution in [0.15, 0.2) is 54.2 Å². The van der Waals surface area contributed by atoms with Gasteiger partial charge in [0.25, 0.3) is 11.8 Å². The first kappa shape index (κ1) is 17.0. The minimum atomic E-state index is -0.275. The van der Waals surface area contributed by atoms with Crippen molar-refractivity contribution in [1.29, 1.82) is 0 Å². The summed E-state index contributed by atoms with van der Waals surface area (Å²) in [5, 5.41) is 3.17. The van der Waals surface area contributed by atoms with E-state index >= 15 is 0 Å². The summed E-state index contributed by atoms with van der Waals surface area (Å²) < 4.78 is 0. The molecule has 0 spiro atoms. The maximum Gasteiger partial charge on any atom is 0.278 e. The van der Waals surface area contributed by atoms with Gasteiger partial charge in [0.2, 0.25) is 0 Å². The van der Waals surface area contributed by atoms with Gasteiger partial charge in [-0.05, 0) is 43.5 Å². The van der Waals surface area contributed by atoms with Crippen LogP contribution in [0.3, 0.4) is 0 Å². The molecule has 0 atom stereocenters. The molecule has 1 heterocycles. The van der Waals surface area contributed by atoms with Crippen LogP contribution in [0, 0.1) is 6.92 Å². The molecule has 0 aromatic heterocycles. The molecule has 0 saturated carbocycles. The van der Waals surface area contributed by atoms with E-state index in [1.165, 1.54) is 10.5 Å². The van der Waals surface area contributed by atoms with E-state index in [1.54, 1.807) is 0 Å². The summed E-state index contributed by atoms with van der Waals surface area (Å²) in [6, 6.07) is 15.6. The van der Waals surface area contributed by atoms with Crippen molar-refractivity contribution in [3.63, 3.8) is 0 Å². The van der Waals surface area contributed by atoms with Gasteiger partial charge in [-0.15, -0.1) is 0 Å². The topological polar surface area (TPSA) is 49.4 Å². The third-order valence-corrected chi connectivity index (χ3v) is 4.46. The van der Waals surface area contributed by atoms with E-state index in [0.29, 0.717) is 17.8 Å². The lowest BCUT2D eigenvalue weighted by atomic mass is 10.0.